The van der Waals surface area contributed by atoms with Gasteiger partial charge >= 0.3 is 0 Å². The van der Waals surface area contributed by atoms with E-state index in [9.17, 15) is 18.0 Å². The monoisotopic (exact) mass is 374 g/mol. The van der Waals surface area contributed by atoms with Crippen LogP contribution in [0.25, 0.3) is 0 Å². The lowest BCUT2D eigenvalue weighted by atomic mass is 10.1. The first-order valence-electron chi connectivity index (χ1n) is 8.20. The van der Waals surface area contributed by atoms with Gasteiger partial charge < -0.3 is 5.32 Å². The molecule has 0 aliphatic rings. The van der Waals surface area contributed by atoms with Gasteiger partial charge in [0.05, 0.1) is 11.4 Å². The molecule has 1 N–H and O–H groups in total. The number of carbonyl (C=O) groups excluding carboxylic acids is 2. The number of aryl methyl sites for hydroxylation is 1. The van der Waals surface area contributed by atoms with E-state index in [1.54, 1.807) is 6.07 Å². The predicted molar refractivity (Wildman–Crippen MR) is 101 cm³/mol. The number of ketones is 1. The second kappa shape index (κ2) is 8.25. The Morgan fingerprint density at radius 1 is 1.08 bits per heavy atom. The summed E-state index contributed by atoms with van der Waals surface area (Å²) in [6.45, 7) is 3.11. The lowest BCUT2D eigenvalue weighted by Crippen LogP contribution is -2.35. The van der Waals surface area contributed by atoms with Crippen molar-refractivity contribution < 1.29 is 18.0 Å². The molecule has 0 saturated carbocycles. The highest BCUT2D eigenvalue weighted by atomic mass is 32.2. The number of nitrogens with zero attached hydrogens (tertiary/aromatic N) is 1. The minimum Gasteiger partial charge on any atom is -0.325 e. The van der Waals surface area contributed by atoms with Crippen molar-refractivity contribution in [1.29, 1.82) is 0 Å². The molecule has 0 atom stereocenters. The molecule has 6 nitrogen and oxygen atoms in total. The summed E-state index contributed by atoms with van der Waals surface area (Å²) >= 11 is 0. The highest BCUT2D eigenvalue weighted by Crippen LogP contribution is 2.16. The van der Waals surface area contributed by atoms with Crippen molar-refractivity contribution in [2.75, 3.05) is 18.9 Å². The number of Topliss-reactive ketones (excluding diaryl/α,β-unsaturated/α-hetero) is 1. The fraction of sp³-hybridized carbons (Fsp3) is 0.263. The second-order valence-electron chi connectivity index (χ2n) is 5.94. The zero-order valence-electron chi connectivity index (χ0n) is 15.0. The van der Waals surface area contributed by atoms with Gasteiger partial charge in [-0.15, -0.1) is 0 Å². The number of anilines is 1. The Morgan fingerprint density at radius 2 is 1.73 bits per heavy atom. The molecule has 0 heterocycles. The number of carbonyl (C=O) groups is 2. The van der Waals surface area contributed by atoms with Crippen LogP contribution < -0.4 is 5.32 Å². The average Bonchev–Trinajstić information content (AvgIpc) is 2.61. The fourth-order valence-electron chi connectivity index (χ4n) is 2.40. The molecule has 1 amide bonds. The van der Waals surface area contributed by atoms with Crippen LogP contribution in [0.4, 0.5) is 5.69 Å². The van der Waals surface area contributed by atoms with Gasteiger partial charge in [0.25, 0.3) is 0 Å². The van der Waals surface area contributed by atoms with E-state index in [-0.39, 0.29) is 17.2 Å². The van der Waals surface area contributed by atoms with Crippen LogP contribution in [0.2, 0.25) is 0 Å². The van der Waals surface area contributed by atoms with E-state index in [1.165, 1.54) is 38.2 Å². The van der Waals surface area contributed by atoms with Crippen molar-refractivity contribution in [3.05, 3.63) is 59.7 Å². The van der Waals surface area contributed by atoms with Crippen molar-refractivity contribution in [2.45, 2.75) is 25.2 Å². The minimum absolute atomic E-state index is 0.0331. The lowest BCUT2D eigenvalue weighted by molar-refractivity contribution is -0.116. The van der Waals surface area contributed by atoms with Crippen molar-refractivity contribution in [3.8, 4) is 0 Å². The number of sulfonamides is 1. The maximum absolute atomic E-state index is 12.6. The molecule has 0 saturated heterocycles. The molecule has 0 radical (unpaired) electrons. The number of benzene rings is 2. The van der Waals surface area contributed by atoms with Crippen LogP contribution in [-0.4, -0.2) is 38.0 Å². The lowest BCUT2D eigenvalue weighted by Gasteiger charge is -2.17. The maximum Gasteiger partial charge on any atom is 0.243 e. The van der Waals surface area contributed by atoms with E-state index in [0.29, 0.717) is 11.3 Å². The number of nitrogens with one attached hydrogen (secondary N) is 1. The standard InChI is InChI=1S/C19H22N2O4S/c1-4-15-6-5-7-17(12-15)20-19(23)13-21(3)26(24,25)18-10-8-16(9-11-18)14(2)22/h5-12H,4,13H2,1-3H3,(H,20,23). The first kappa shape index (κ1) is 19.8. The third kappa shape index (κ3) is 4.77. The van der Waals surface area contributed by atoms with Crippen LogP contribution in [-0.2, 0) is 21.2 Å². The molecule has 0 fully saturated rings. The SMILES string of the molecule is CCc1cccc(NC(=O)CN(C)S(=O)(=O)c2ccc(C(C)=O)cc2)c1. The summed E-state index contributed by atoms with van der Waals surface area (Å²) in [5.41, 5.74) is 2.14. The van der Waals surface area contributed by atoms with Crippen molar-refractivity contribution in [1.82, 2.24) is 4.31 Å². The number of amides is 1. The van der Waals surface area contributed by atoms with E-state index in [1.807, 2.05) is 25.1 Å². The van der Waals surface area contributed by atoms with E-state index in [4.69, 9.17) is 0 Å². The quantitative estimate of drug-likeness (QED) is 0.755. The number of rotatable bonds is 7. The van der Waals surface area contributed by atoms with Crippen LogP contribution in [0.3, 0.4) is 0 Å². The molecule has 0 spiro atoms. The largest absolute Gasteiger partial charge is 0.325 e. The van der Waals surface area contributed by atoms with Gasteiger partial charge in [0.2, 0.25) is 15.9 Å². The minimum atomic E-state index is -3.82. The fourth-order valence-corrected chi connectivity index (χ4v) is 3.53. The molecular weight excluding hydrogens is 352 g/mol. The molecule has 26 heavy (non-hydrogen) atoms. The molecule has 0 aliphatic carbocycles. The van der Waals surface area contributed by atoms with Crippen LogP contribution in [0.15, 0.2) is 53.4 Å². The topological polar surface area (TPSA) is 83.6 Å². The van der Waals surface area contributed by atoms with Crippen molar-refractivity contribution in [2.24, 2.45) is 0 Å². The van der Waals surface area contributed by atoms with E-state index < -0.39 is 15.9 Å². The van der Waals surface area contributed by atoms with E-state index >= 15 is 0 Å². The average molecular weight is 374 g/mol. The molecule has 7 heteroatoms. The first-order chi connectivity index (χ1) is 12.2. The molecule has 0 aliphatic heterocycles. The number of hydrogen-bond donors (Lipinski definition) is 1. The third-order valence-electron chi connectivity index (χ3n) is 3.95. The summed E-state index contributed by atoms with van der Waals surface area (Å²) < 4.78 is 26.1. The molecule has 138 valence electrons. The molecule has 0 bridgehead atoms. The summed E-state index contributed by atoms with van der Waals surface area (Å²) in [5, 5.41) is 2.71. The van der Waals surface area contributed by atoms with Gasteiger partial charge in [0, 0.05) is 18.3 Å². The molecule has 0 aromatic heterocycles. The van der Waals surface area contributed by atoms with E-state index in [2.05, 4.69) is 5.32 Å². The summed E-state index contributed by atoms with van der Waals surface area (Å²) in [6.07, 6.45) is 0.842. The normalized spacial score (nSPS) is 11.4. The molecule has 2 rings (SSSR count). The van der Waals surface area contributed by atoms with Gasteiger partial charge in [0.1, 0.15) is 0 Å². The summed E-state index contributed by atoms with van der Waals surface area (Å²) in [6, 6.07) is 13.1. The Bertz CT molecular complexity index is 905. The Labute approximate surface area is 153 Å². The predicted octanol–water partition coefficient (Wildman–Crippen LogP) is 2.71. The third-order valence-corrected chi connectivity index (χ3v) is 5.77. The smallest absolute Gasteiger partial charge is 0.243 e. The molecular formula is C19H22N2O4S. The Balaban J connectivity index is 2.08. The van der Waals surface area contributed by atoms with Crippen LogP contribution in [0.5, 0.6) is 0 Å². The zero-order chi connectivity index (χ0) is 19.3. The van der Waals surface area contributed by atoms with Gasteiger partial charge in [-0.25, -0.2) is 8.42 Å². The van der Waals surface area contributed by atoms with Gasteiger partial charge in [-0.1, -0.05) is 31.2 Å². The molecule has 2 aromatic carbocycles. The van der Waals surface area contributed by atoms with Crippen molar-refractivity contribution in [3.63, 3.8) is 0 Å². The molecule has 0 unspecified atom stereocenters. The van der Waals surface area contributed by atoms with Gasteiger partial charge in [-0.05, 0) is 43.2 Å². The number of likely N-dealkylation sites (N-methyl/N-ethyl adjacent to an activating group) is 1. The highest BCUT2D eigenvalue weighted by molar-refractivity contribution is 7.89. The summed E-state index contributed by atoms with van der Waals surface area (Å²) in [5.74, 6) is -0.569. The maximum atomic E-state index is 12.6. The van der Waals surface area contributed by atoms with Gasteiger partial charge in [-0.2, -0.15) is 4.31 Å². The number of hydrogen-bond acceptors (Lipinski definition) is 4. The first-order valence-corrected chi connectivity index (χ1v) is 9.64. The Morgan fingerprint density at radius 3 is 2.31 bits per heavy atom. The summed E-state index contributed by atoms with van der Waals surface area (Å²) in [4.78, 5) is 23.5. The van der Waals surface area contributed by atoms with Gasteiger partial charge in [0.15, 0.2) is 5.78 Å². The Hall–Kier alpha value is -2.51. The van der Waals surface area contributed by atoms with Crippen LogP contribution >= 0.6 is 0 Å². The highest BCUT2D eigenvalue weighted by Gasteiger charge is 2.23. The summed E-state index contributed by atoms with van der Waals surface area (Å²) in [7, 11) is -2.48. The van der Waals surface area contributed by atoms with Crippen LogP contribution in [0, 0.1) is 0 Å². The van der Waals surface area contributed by atoms with Crippen LogP contribution in [0.1, 0.15) is 29.8 Å². The zero-order valence-corrected chi connectivity index (χ0v) is 15.8. The van der Waals surface area contributed by atoms with E-state index in [0.717, 1.165) is 16.3 Å². The van der Waals surface area contributed by atoms with Crippen molar-refractivity contribution >= 4 is 27.4 Å². The Kier molecular flexibility index (Phi) is 6.28. The second-order valence-corrected chi connectivity index (χ2v) is 7.99. The molecule has 2 aromatic rings. The van der Waals surface area contributed by atoms with Gasteiger partial charge in [-0.3, -0.25) is 9.59 Å².